The van der Waals surface area contributed by atoms with Gasteiger partial charge in [-0.1, -0.05) is 0 Å². The van der Waals surface area contributed by atoms with Gasteiger partial charge in [0.15, 0.2) is 0 Å². The van der Waals surface area contributed by atoms with Crippen molar-refractivity contribution >= 4 is 11.7 Å². The highest BCUT2D eigenvalue weighted by Crippen LogP contribution is 2.17. The zero-order valence-corrected chi connectivity index (χ0v) is 11.1. The molecule has 19 heavy (non-hydrogen) atoms. The van der Waals surface area contributed by atoms with E-state index in [1.54, 1.807) is 10.7 Å². The molecule has 2 aromatic rings. The second kappa shape index (κ2) is 5.22. The molecule has 2 rings (SSSR count). The smallest absolute Gasteiger partial charge is 0.256 e. The number of carbonyl (C=O) groups excluding carboxylic acids is 1. The molecule has 0 saturated heterocycles. The fourth-order valence-corrected chi connectivity index (χ4v) is 1.79. The molecule has 0 bridgehead atoms. The second-order valence-corrected chi connectivity index (χ2v) is 4.67. The minimum absolute atomic E-state index is 0.150. The van der Waals surface area contributed by atoms with Gasteiger partial charge in [-0.05, 0) is 45.0 Å². The lowest BCUT2D eigenvalue weighted by Gasteiger charge is -2.11. The highest BCUT2D eigenvalue weighted by molar-refractivity contribution is 6.03. The van der Waals surface area contributed by atoms with Crippen LogP contribution in [-0.4, -0.2) is 15.7 Å². The lowest BCUT2D eigenvalue weighted by atomic mass is 10.2. The maximum Gasteiger partial charge on any atom is 0.256 e. The summed E-state index contributed by atoms with van der Waals surface area (Å²) in [6.45, 7) is 5.84. The van der Waals surface area contributed by atoms with Gasteiger partial charge in [0.25, 0.3) is 5.91 Å². The third-order valence-corrected chi connectivity index (χ3v) is 2.70. The molecule has 0 radical (unpaired) electrons. The molecule has 1 aromatic carbocycles. The van der Waals surface area contributed by atoms with Crippen molar-refractivity contribution in [1.29, 1.82) is 0 Å². The summed E-state index contributed by atoms with van der Waals surface area (Å²) in [5.74, 6) is 0.00300. The van der Waals surface area contributed by atoms with Gasteiger partial charge in [0.2, 0.25) is 0 Å². The van der Waals surface area contributed by atoms with Crippen LogP contribution in [0.2, 0.25) is 0 Å². The molecular weight excluding hydrogens is 245 g/mol. The number of nitrogens with zero attached hydrogens (tertiary/aromatic N) is 2. The number of halogens is 1. The van der Waals surface area contributed by atoms with Gasteiger partial charge in [0.05, 0.1) is 5.69 Å². The van der Waals surface area contributed by atoms with Crippen LogP contribution in [0.25, 0.3) is 0 Å². The van der Waals surface area contributed by atoms with Crippen molar-refractivity contribution < 1.29 is 9.18 Å². The molecule has 0 saturated carbocycles. The average molecular weight is 261 g/mol. The zero-order valence-electron chi connectivity index (χ0n) is 11.1. The van der Waals surface area contributed by atoms with E-state index in [0.29, 0.717) is 11.4 Å². The molecule has 5 heteroatoms. The largest absolute Gasteiger partial charge is 0.307 e. The molecule has 0 spiro atoms. The monoisotopic (exact) mass is 261 g/mol. The van der Waals surface area contributed by atoms with Crippen LogP contribution in [0.15, 0.2) is 30.3 Å². The maximum atomic E-state index is 12.8. The van der Waals surface area contributed by atoms with Gasteiger partial charge in [0.1, 0.15) is 11.6 Å². The number of amides is 1. The summed E-state index contributed by atoms with van der Waals surface area (Å²) >= 11 is 0. The summed E-state index contributed by atoms with van der Waals surface area (Å²) in [5, 5.41) is 7.10. The third kappa shape index (κ3) is 2.99. The molecule has 0 fully saturated rings. The molecule has 1 N–H and O–H groups in total. The zero-order chi connectivity index (χ0) is 14.0. The van der Waals surface area contributed by atoms with Crippen molar-refractivity contribution in [3.05, 3.63) is 47.4 Å². The number of hydrogen-bond acceptors (Lipinski definition) is 2. The number of aryl methyl sites for hydroxylation is 1. The van der Waals surface area contributed by atoms with Gasteiger partial charge in [-0.15, -0.1) is 0 Å². The van der Waals surface area contributed by atoms with E-state index in [2.05, 4.69) is 10.4 Å². The number of hydrogen-bond donors (Lipinski definition) is 1. The van der Waals surface area contributed by atoms with Crippen LogP contribution in [-0.2, 0) is 0 Å². The van der Waals surface area contributed by atoms with Crippen molar-refractivity contribution in [3.8, 4) is 0 Å². The highest BCUT2D eigenvalue weighted by Gasteiger charge is 2.12. The van der Waals surface area contributed by atoms with Crippen molar-refractivity contribution in [2.75, 3.05) is 5.32 Å². The molecule has 0 aliphatic rings. The Bertz CT molecular complexity index is 587. The van der Waals surface area contributed by atoms with E-state index in [-0.39, 0.29) is 17.8 Å². The van der Waals surface area contributed by atoms with Gasteiger partial charge >= 0.3 is 0 Å². The van der Waals surface area contributed by atoms with E-state index >= 15 is 0 Å². The van der Waals surface area contributed by atoms with Gasteiger partial charge in [-0.25, -0.2) is 9.07 Å². The minimum atomic E-state index is -0.361. The Balaban J connectivity index is 2.21. The van der Waals surface area contributed by atoms with Crippen LogP contribution in [0.4, 0.5) is 10.2 Å². The topological polar surface area (TPSA) is 46.9 Å². The Morgan fingerprint density at radius 2 is 1.95 bits per heavy atom. The molecule has 0 unspecified atom stereocenters. The van der Waals surface area contributed by atoms with E-state index < -0.39 is 0 Å². The van der Waals surface area contributed by atoms with E-state index in [1.165, 1.54) is 24.3 Å². The average Bonchev–Trinajstić information content (AvgIpc) is 2.71. The number of carbonyl (C=O) groups is 1. The van der Waals surface area contributed by atoms with Crippen LogP contribution in [0.3, 0.4) is 0 Å². The van der Waals surface area contributed by atoms with Gasteiger partial charge in [-0.2, -0.15) is 5.10 Å². The van der Waals surface area contributed by atoms with E-state index in [0.717, 1.165) is 5.69 Å². The Hall–Kier alpha value is -2.17. The number of anilines is 1. The first-order valence-electron chi connectivity index (χ1n) is 6.10. The fourth-order valence-electron chi connectivity index (χ4n) is 1.79. The molecular formula is C14H16FN3O. The number of nitrogens with one attached hydrogen (secondary N) is 1. The van der Waals surface area contributed by atoms with E-state index in [9.17, 15) is 9.18 Å². The minimum Gasteiger partial charge on any atom is -0.307 e. The Morgan fingerprint density at radius 1 is 1.32 bits per heavy atom. The predicted molar refractivity (Wildman–Crippen MR) is 71.7 cm³/mol. The summed E-state index contributed by atoms with van der Waals surface area (Å²) in [5.41, 5.74) is 1.25. The first kappa shape index (κ1) is 13.3. The van der Waals surface area contributed by atoms with Gasteiger partial charge < -0.3 is 5.32 Å². The SMILES string of the molecule is Cc1cc(NC(=O)c2ccc(F)cc2)n(C(C)C)n1. The van der Waals surface area contributed by atoms with Crippen molar-refractivity contribution in [2.45, 2.75) is 26.8 Å². The van der Waals surface area contributed by atoms with Crippen LogP contribution in [0.5, 0.6) is 0 Å². The summed E-state index contributed by atoms with van der Waals surface area (Å²) in [7, 11) is 0. The van der Waals surface area contributed by atoms with Crippen molar-refractivity contribution in [3.63, 3.8) is 0 Å². The Labute approximate surface area is 111 Å². The highest BCUT2D eigenvalue weighted by atomic mass is 19.1. The molecule has 4 nitrogen and oxygen atoms in total. The number of rotatable bonds is 3. The fraction of sp³-hybridized carbons (Fsp3) is 0.286. The summed E-state index contributed by atoms with van der Waals surface area (Å²) in [6, 6.07) is 7.39. The first-order chi connectivity index (χ1) is 8.97. The Kier molecular flexibility index (Phi) is 3.64. The summed E-state index contributed by atoms with van der Waals surface area (Å²) in [6.07, 6.45) is 0. The number of aromatic nitrogens is 2. The predicted octanol–water partition coefficient (Wildman–Crippen LogP) is 3.16. The first-order valence-corrected chi connectivity index (χ1v) is 6.10. The van der Waals surface area contributed by atoms with Crippen LogP contribution >= 0.6 is 0 Å². The molecule has 1 heterocycles. The standard InChI is InChI=1S/C14H16FN3O/c1-9(2)18-13(8-10(3)17-18)16-14(19)11-4-6-12(15)7-5-11/h4-9H,1-3H3,(H,16,19). The van der Waals surface area contributed by atoms with Crippen LogP contribution in [0, 0.1) is 12.7 Å². The van der Waals surface area contributed by atoms with Gasteiger partial charge in [-0.3, -0.25) is 4.79 Å². The van der Waals surface area contributed by atoms with Crippen molar-refractivity contribution in [1.82, 2.24) is 9.78 Å². The third-order valence-electron chi connectivity index (χ3n) is 2.70. The van der Waals surface area contributed by atoms with Crippen molar-refractivity contribution in [2.24, 2.45) is 0 Å². The Morgan fingerprint density at radius 3 is 2.53 bits per heavy atom. The van der Waals surface area contributed by atoms with E-state index in [1.807, 2.05) is 20.8 Å². The summed E-state index contributed by atoms with van der Waals surface area (Å²) in [4.78, 5) is 12.0. The lowest BCUT2D eigenvalue weighted by Crippen LogP contribution is -2.16. The lowest BCUT2D eigenvalue weighted by molar-refractivity contribution is 0.102. The molecule has 1 aromatic heterocycles. The van der Waals surface area contributed by atoms with Gasteiger partial charge in [0, 0.05) is 17.7 Å². The summed E-state index contributed by atoms with van der Waals surface area (Å²) < 4.78 is 14.6. The molecule has 1 amide bonds. The number of benzene rings is 1. The molecule has 100 valence electrons. The maximum absolute atomic E-state index is 12.8. The van der Waals surface area contributed by atoms with Crippen LogP contribution in [0.1, 0.15) is 35.9 Å². The van der Waals surface area contributed by atoms with Crippen LogP contribution < -0.4 is 5.32 Å². The molecule has 0 aliphatic heterocycles. The van der Waals surface area contributed by atoms with E-state index in [4.69, 9.17) is 0 Å². The molecule has 0 atom stereocenters. The normalized spacial score (nSPS) is 10.8. The molecule has 0 aliphatic carbocycles. The quantitative estimate of drug-likeness (QED) is 0.922. The second-order valence-electron chi connectivity index (χ2n) is 4.67.